The maximum Gasteiger partial charge on any atom is 0.325 e. The van der Waals surface area contributed by atoms with Crippen molar-refractivity contribution in [2.24, 2.45) is 0 Å². The zero-order valence-corrected chi connectivity index (χ0v) is 15.2. The Morgan fingerprint density at radius 2 is 1.93 bits per heavy atom. The lowest BCUT2D eigenvalue weighted by Crippen LogP contribution is -2.49. The second-order valence-corrected chi connectivity index (χ2v) is 7.60. The van der Waals surface area contributed by atoms with Crippen LogP contribution in [0.5, 0.6) is 0 Å². The minimum absolute atomic E-state index is 0.0376. The highest BCUT2D eigenvalue weighted by Crippen LogP contribution is 2.46. The normalized spacial score (nSPS) is 20.7. The van der Waals surface area contributed by atoms with Crippen molar-refractivity contribution in [3.05, 3.63) is 67.5 Å². The number of hydrogen-bond acceptors (Lipinski definition) is 4. The summed E-state index contributed by atoms with van der Waals surface area (Å²) in [5.41, 5.74) is 1.76. The van der Waals surface area contributed by atoms with Gasteiger partial charge in [0.1, 0.15) is 0 Å². The molecule has 1 atom stereocenters. The zero-order chi connectivity index (χ0) is 19.2. The SMILES string of the molecule is Cc1[nH]c(=O)[nH]c(=O)c1CC(=O)N1CCC2(CC1)c1ccccc1CC2O. The van der Waals surface area contributed by atoms with E-state index in [-0.39, 0.29) is 17.7 Å². The molecule has 4 rings (SSSR count). The van der Waals surface area contributed by atoms with E-state index in [2.05, 4.69) is 22.1 Å². The first-order valence-electron chi connectivity index (χ1n) is 9.27. The molecule has 1 aromatic heterocycles. The molecule has 0 saturated carbocycles. The van der Waals surface area contributed by atoms with Crippen LogP contribution in [-0.2, 0) is 23.1 Å². The van der Waals surface area contributed by atoms with Crippen LogP contribution in [0.3, 0.4) is 0 Å². The van der Waals surface area contributed by atoms with Crippen LogP contribution in [0, 0.1) is 6.92 Å². The molecule has 1 amide bonds. The topological polar surface area (TPSA) is 106 Å². The fourth-order valence-electron chi connectivity index (χ4n) is 4.63. The number of nitrogens with zero attached hydrogens (tertiary/aromatic N) is 1. The van der Waals surface area contributed by atoms with E-state index < -0.39 is 17.4 Å². The first-order valence-corrected chi connectivity index (χ1v) is 9.27. The fraction of sp³-hybridized carbons (Fsp3) is 0.450. The van der Waals surface area contributed by atoms with Crippen molar-refractivity contribution in [2.75, 3.05) is 13.1 Å². The maximum atomic E-state index is 12.7. The molecule has 1 fully saturated rings. The van der Waals surface area contributed by atoms with E-state index in [1.807, 2.05) is 12.1 Å². The van der Waals surface area contributed by atoms with Gasteiger partial charge in [-0.15, -0.1) is 0 Å². The van der Waals surface area contributed by atoms with E-state index in [0.29, 0.717) is 43.6 Å². The second-order valence-electron chi connectivity index (χ2n) is 7.60. The Bertz CT molecular complexity index is 999. The van der Waals surface area contributed by atoms with Crippen LogP contribution in [0.15, 0.2) is 33.9 Å². The molecule has 1 spiro atoms. The highest BCUT2D eigenvalue weighted by Gasteiger charge is 2.48. The van der Waals surface area contributed by atoms with Crippen LogP contribution in [0.25, 0.3) is 0 Å². The number of hydrogen-bond donors (Lipinski definition) is 3. The molecule has 2 aliphatic rings. The van der Waals surface area contributed by atoms with Gasteiger partial charge in [-0.05, 0) is 37.3 Å². The lowest BCUT2D eigenvalue weighted by atomic mass is 9.72. The number of likely N-dealkylation sites (tertiary alicyclic amines) is 1. The molecule has 1 unspecified atom stereocenters. The number of rotatable bonds is 2. The molecule has 0 bridgehead atoms. The number of aromatic amines is 2. The molecule has 7 nitrogen and oxygen atoms in total. The lowest BCUT2D eigenvalue weighted by Gasteiger charge is -2.42. The van der Waals surface area contributed by atoms with E-state index in [0.717, 1.165) is 0 Å². The van der Waals surface area contributed by atoms with Crippen LogP contribution in [0.4, 0.5) is 0 Å². The van der Waals surface area contributed by atoms with Crippen molar-refractivity contribution in [2.45, 2.75) is 44.1 Å². The van der Waals surface area contributed by atoms with Crippen molar-refractivity contribution < 1.29 is 9.90 Å². The second kappa shape index (κ2) is 6.49. The molecule has 2 aromatic rings. The summed E-state index contributed by atoms with van der Waals surface area (Å²) in [7, 11) is 0. The van der Waals surface area contributed by atoms with E-state index in [1.165, 1.54) is 11.1 Å². The van der Waals surface area contributed by atoms with Crippen molar-refractivity contribution in [3.63, 3.8) is 0 Å². The van der Waals surface area contributed by atoms with Gasteiger partial charge in [0.05, 0.1) is 12.5 Å². The predicted octanol–water partition coefficient (Wildman–Crippen LogP) is 0.392. The van der Waals surface area contributed by atoms with Gasteiger partial charge in [-0.2, -0.15) is 0 Å². The van der Waals surface area contributed by atoms with Gasteiger partial charge in [-0.3, -0.25) is 14.6 Å². The number of aromatic nitrogens is 2. The van der Waals surface area contributed by atoms with Crippen LogP contribution < -0.4 is 11.2 Å². The molecule has 7 heteroatoms. The Morgan fingerprint density at radius 1 is 1.22 bits per heavy atom. The standard InChI is InChI=1S/C20H23N3O4/c1-12-14(18(26)22-19(27)21-12)11-17(25)23-8-6-20(7-9-23)15-5-3-2-4-13(15)10-16(20)24/h2-5,16,24H,6-11H2,1H3,(H2,21,22,26,27). The number of amides is 1. The van der Waals surface area contributed by atoms with E-state index in [4.69, 9.17) is 0 Å². The Labute approximate surface area is 156 Å². The number of aliphatic hydroxyl groups excluding tert-OH is 1. The highest BCUT2D eigenvalue weighted by atomic mass is 16.3. The third-order valence-electron chi connectivity index (χ3n) is 6.20. The third kappa shape index (κ3) is 2.92. The average molecular weight is 369 g/mol. The van der Waals surface area contributed by atoms with Crippen molar-refractivity contribution in [1.29, 1.82) is 0 Å². The molecular weight excluding hydrogens is 346 g/mol. The van der Waals surface area contributed by atoms with Crippen molar-refractivity contribution in [3.8, 4) is 0 Å². The number of H-pyrrole nitrogens is 2. The molecule has 3 N–H and O–H groups in total. The third-order valence-corrected chi connectivity index (χ3v) is 6.20. The summed E-state index contributed by atoms with van der Waals surface area (Å²) in [6.07, 6.45) is 1.62. The maximum absolute atomic E-state index is 12.7. The van der Waals surface area contributed by atoms with Gasteiger partial charge in [-0.25, -0.2) is 4.79 Å². The molecule has 1 saturated heterocycles. The molecule has 0 radical (unpaired) electrons. The minimum Gasteiger partial charge on any atom is -0.392 e. The number of aryl methyl sites for hydroxylation is 1. The fourth-order valence-corrected chi connectivity index (χ4v) is 4.63. The van der Waals surface area contributed by atoms with Gasteiger partial charge in [0.2, 0.25) is 5.91 Å². The Balaban J connectivity index is 1.50. The van der Waals surface area contributed by atoms with Crippen LogP contribution in [0.1, 0.15) is 35.2 Å². The summed E-state index contributed by atoms with van der Waals surface area (Å²) in [6, 6.07) is 8.15. The number of carbonyl (C=O) groups is 1. The summed E-state index contributed by atoms with van der Waals surface area (Å²) in [5.74, 6) is -0.133. The highest BCUT2D eigenvalue weighted by molar-refractivity contribution is 5.79. The van der Waals surface area contributed by atoms with Gasteiger partial charge < -0.3 is 15.0 Å². The minimum atomic E-state index is -0.567. The summed E-state index contributed by atoms with van der Waals surface area (Å²) >= 11 is 0. The number of aliphatic hydroxyl groups is 1. The number of piperidine rings is 1. The quantitative estimate of drug-likeness (QED) is 0.712. The molecular formula is C20H23N3O4. The Morgan fingerprint density at radius 3 is 2.63 bits per heavy atom. The average Bonchev–Trinajstić information content (AvgIpc) is 2.90. The van der Waals surface area contributed by atoms with Crippen LogP contribution >= 0.6 is 0 Å². The summed E-state index contributed by atoms with van der Waals surface area (Å²) < 4.78 is 0. The van der Waals surface area contributed by atoms with Crippen LogP contribution in [-0.4, -0.2) is 45.1 Å². The predicted molar refractivity (Wildman–Crippen MR) is 99.8 cm³/mol. The molecule has 27 heavy (non-hydrogen) atoms. The largest absolute Gasteiger partial charge is 0.392 e. The van der Waals surface area contributed by atoms with Crippen molar-refractivity contribution >= 4 is 5.91 Å². The van der Waals surface area contributed by atoms with Gasteiger partial charge in [0.25, 0.3) is 5.56 Å². The summed E-state index contributed by atoms with van der Waals surface area (Å²) in [6.45, 7) is 2.71. The zero-order valence-electron chi connectivity index (χ0n) is 15.2. The number of fused-ring (bicyclic) bond motifs is 2. The van der Waals surface area contributed by atoms with Gasteiger partial charge in [0.15, 0.2) is 0 Å². The Kier molecular flexibility index (Phi) is 4.26. The van der Waals surface area contributed by atoms with Crippen LogP contribution in [0.2, 0.25) is 0 Å². The van der Waals surface area contributed by atoms with E-state index in [1.54, 1.807) is 11.8 Å². The smallest absolute Gasteiger partial charge is 0.325 e. The van der Waals surface area contributed by atoms with E-state index >= 15 is 0 Å². The summed E-state index contributed by atoms with van der Waals surface area (Å²) in [4.78, 5) is 42.4. The molecule has 1 aliphatic heterocycles. The number of nitrogens with one attached hydrogen (secondary N) is 2. The van der Waals surface area contributed by atoms with Gasteiger partial charge >= 0.3 is 5.69 Å². The molecule has 1 aliphatic carbocycles. The van der Waals surface area contributed by atoms with Crippen molar-refractivity contribution in [1.82, 2.24) is 14.9 Å². The Hall–Kier alpha value is -2.67. The first-order chi connectivity index (χ1) is 12.9. The van der Waals surface area contributed by atoms with E-state index in [9.17, 15) is 19.5 Å². The van der Waals surface area contributed by atoms with Gasteiger partial charge in [-0.1, -0.05) is 24.3 Å². The lowest BCUT2D eigenvalue weighted by molar-refractivity contribution is -0.132. The number of carbonyl (C=O) groups excluding carboxylic acids is 1. The molecule has 1 aromatic carbocycles. The first kappa shape index (κ1) is 17.7. The molecule has 142 valence electrons. The summed E-state index contributed by atoms with van der Waals surface area (Å²) in [5, 5.41) is 10.7. The monoisotopic (exact) mass is 369 g/mol. The molecule has 2 heterocycles. The number of benzene rings is 1. The van der Waals surface area contributed by atoms with Gasteiger partial charge in [0, 0.05) is 29.8 Å².